The highest BCUT2D eigenvalue weighted by Crippen LogP contribution is 2.34. The van der Waals surface area contributed by atoms with Crippen LogP contribution in [0.1, 0.15) is 23.6 Å². The Morgan fingerprint density at radius 3 is 3.15 bits per heavy atom. The van der Waals surface area contributed by atoms with Crippen molar-refractivity contribution in [2.45, 2.75) is 25.3 Å². The number of aryl methyl sites for hydroxylation is 1. The average Bonchev–Trinajstić information content (AvgIpc) is 3.05. The van der Waals surface area contributed by atoms with E-state index in [0.29, 0.717) is 25.3 Å². The average molecular weight is 273 g/mol. The number of nitrogens with zero attached hydrogens (tertiary/aromatic N) is 3. The summed E-state index contributed by atoms with van der Waals surface area (Å²) in [6, 6.07) is 7.99. The highest BCUT2D eigenvalue weighted by atomic mass is 16.5. The summed E-state index contributed by atoms with van der Waals surface area (Å²) in [5.41, 5.74) is 1.90. The Bertz CT molecular complexity index is 624. The molecule has 6 heteroatoms. The van der Waals surface area contributed by atoms with Crippen molar-refractivity contribution in [1.82, 2.24) is 15.0 Å². The third-order valence-electron chi connectivity index (χ3n) is 3.39. The normalized spacial score (nSPS) is 16.7. The highest BCUT2D eigenvalue weighted by molar-refractivity contribution is 5.66. The summed E-state index contributed by atoms with van der Waals surface area (Å²) in [4.78, 5) is 10.5. The zero-order valence-electron chi connectivity index (χ0n) is 10.9. The minimum absolute atomic E-state index is 0.0774. The predicted molar refractivity (Wildman–Crippen MR) is 70.7 cm³/mol. The monoisotopic (exact) mass is 273 g/mol. The second kappa shape index (κ2) is 5.32. The van der Waals surface area contributed by atoms with Crippen LogP contribution in [0.4, 0.5) is 0 Å². The Kier molecular flexibility index (Phi) is 3.37. The van der Waals surface area contributed by atoms with Gasteiger partial charge in [0.1, 0.15) is 5.75 Å². The third kappa shape index (κ3) is 2.64. The molecule has 0 bridgehead atoms. The van der Waals surface area contributed by atoms with Gasteiger partial charge in [-0.15, -0.1) is 5.10 Å². The van der Waals surface area contributed by atoms with Gasteiger partial charge in [-0.3, -0.25) is 9.48 Å². The van der Waals surface area contributed by atoms with Crippen LogP contribution in [0.2, 0.25) is 0 Å². The van der Waals surface area contributed by atoms with E-state index < -0.39 is 5.97 Å². The van der Waals surface area contributed by atoms with E-state index >= 15 is 0 Å². The molecule has 1 N–H and O–H groups in total. The van der Waals surface area contributed by atoms with E-state index in [0.717, 1.165) is 5.75 Å². The molecule has 2 heterocycles. The minimum atomic E-state index is -0.822. The maximum atomic E-state index is 10.5. The van der Waals surface area contributed by atoms with Gasteiger partial charge in [0.05, 0.1) is 25.3 Å². The molecule has 20 heavy (non-hydrogen) atoms. The molecule has 1 aromatic carbocycles. The fourth-order valence-electron chi connectivity index (χ4n) is 2.38. The number of carbonyl (C=O) groups is 1. The van der Waals surface area contributed by atoms with Crippen molar-refractivity contribution in [1.29, 1.82) is 0 Å². The Labute approximate surface area is 116 Å². The molecule has 0 saturated carbocycles. The molecule has 0 aliphatic carbocycles. The SMILES string of the molecule is O=C(O)CCc1cn(CC2COc3ccccc32)nn1. The first-order chi connectivity index (χ1) is 9.72. The second-order valence-electron chi connectivity index (χ2n) is 4.87. The van der Waals surface area contributed by atoms with E-state index in [9.17, 15) is 4.79 Å². The van der Waals surface area contributed by atoms with Gasteiger partial charge in [0, 0.05) is 24.1 Å². The zero-order valence-corrected chi connectivity index (χ0v) is 10.9. The molecule has 1 unspecified atom stereocenters. The smallest absolute Gasteiger partial charge is 0.303 e. The van der Waals surface area contributed by atoms with Crippen LogP contribution in [0.15, 0.2) is 30.5 Å². The van der Waals surface area contributed by atoms with Gasteiger partial charge in [0.15, 0.2) is 0 Å². The number of aliphatic carboxylic acids is 1. The molecule has 0 fully saturated rings. The van der Waals surface area contributed by atoms with Crippen LogP contribution in [0, 0.1) is 0 Å². The molecule has 0 spiro atoms. The topological polar surface area (TPSA) is 77.2 Å². The Balaban J connectivity index is 1.66. The van der Waals surface area contributed by atoms with Gasteiger partial charge in [0.2, 0.25) is 0 Å². The maximum absolute atomic E-state index is 10.5. The third-order valence-corrected chi connectivity index (χ3v) is 3.39. The summed E-state index contributed by atoms with van der Waals surface area (Å²) in [5.74, 6) is 0.376. The molecule has 2 aromatic rings. The van der Waals surface area contributed by atoms with Crippen LogP contribution < -0.4 is 4.74 Å². The quantitative estimate of drug-likeness (QED) is 0.892. The summed E-state index contributed by atoms with van der Waals surface area (Å²) in [5, 5.41) is 16.7. The molecule has 1 aromatic heterocycles. The van der Waals surface area contributed by atoms with Crippen LogP contribution in [0.3, 0.4) is 0 Å². The number of carboxylic acid groups (broad SMARTS) is 1. The van der Waals surface area contributed by atoms with Gasteiger partial charge in [-0.1, -0.05) is 23.4 Å². The molecule has 0 saturated heterocycles. The molecule has 3 rings (SSSR count). The van der Waals surface area contributed by atoms with Gasteiger partial charge < -0.3 is 9.84 Å². The minimum Gasteiger partial charge on any atom is -0.493 e. The molecule has 0 radical (unpaired) electrons. The van der Waals surface area contributed by atoms with Crippen molar-refractivity contribution >= 4 is 5.97 Å². The van der Waals surface area contributed by atoms with Crippen molar-refractivity contribution in [2.24, 2.45) is 0 Å². The number of carboxylic acids is 1. The molecule has 6 nitrogen and oxygen atoms in total. The standard InChI is InChI=1S/C14H15N3O3/c18-14(19)6-5-11-8-17(16-15-11)7-10-9-20-13-4-2-1-3-12(10)13/h1-4,8,10H,5-7,9H2,(H,18,19). The first kappa shape index (κ1) is 12.7. The lowest BCUT2D eigenvalue weighted by molar-refractivity contribution is -0.136. The van der Waals surface area contributed by atoms with Gasteiger partial charge in [-0.25, -0.2) is 0 Å². The van der Waals surface area contributed by atoms with E-state index in [2.05, 4.69) is 16.4 Å². The second-order valence-corrected chi connectivity index (χ2v) is 4.87. The van der Waals surface area contributed by atoms with Crippen molar-refractivity contribution < 1.29 is 14.6 Å². The van der Waals surface area contributed by atoms with Crippen molar-refractivity contribution in [3.05, 3.63) is 41.7 Å². The summed E-state index contributed by atoms with van der Waals surface area (Å²) >= 11 is 0. The number of fused-ring (bicyclic) bond motifs is 1. The number of ether oxygens (including phenoxy) is 1. The fraction of sp³-hybridized carbons (Fsp3) is 0.357. The van der Waals surface area contributed by atoms with Crippen molar-refractivity contribution in [3.63, 3.8) is 0 Å². The number of hydrogen-bond donors (Lipinski definition) is 1. The van der Waals surface area contributed by atoms with E-state index in [-0.39, 0.29) is 12.3 Å². The largest absolute Gasteiger partial charge is 0.493 e. The zero-order chi connectivity index (χ0) is 13.9. The summed E-state index contributed by atoms with van der Waals surface area (Å²) in [6.07, 6.45) is 2.30. The molecule has 1 aliphatic heterocycles. The summed E-state index contributed by atoms with van der Waals surface area (Å²) in [6.45, 7) is 1.33. The van der Waals surface area contributed by atoms with Crippen LogP contribution in [-0.4, -0.2) is 32.7 Å². The maximum Gasteiger partial charge on any atom is 0.303 e. The van der Waals surface area contributed by atoms with Gasteiger partial charge in [0.25, 0.3) is 0 Å². The van der Waals surface area contributed by atoms with Crippen molar-refractivity contribution in [2.75, 3.05) is 6.61 Å². The summed E-state index contributed by atoms with van der Waals surface area (Å²) in [7, 11) is 0. The van der Waals surface area contributed by atoms with Crippen LogP contribution in [-0.2, 0) is 17.8 Å². The first-order valence-electron chi connectivity index (χ1n) is 6.55. The number of hydrogen-bond acceptors (Lipinski definition) is 4. The van der Waals surface area contributed by atoms with E-state index in [1.165, 1.54) is 5.56 Å². The number of para-hydroxylation sites is 1. The molecule has 1 atom stereocenters. The Hall–Kier alpha value is -2.37. The van der Waals surface area contributed by atoms with Crippen LogP contribution in [0.5, 0.6) is 5.75 Å². The number of aromatic nitrogens is 3. The molecular weight excluding hydrogens is 258 g/mol. The van der Waals surface area contributed by atoms with E-state index in [1.807, 2.05) is 24.4 Å². The Morgan fingerprint density at radius 1 is 1.45 bits per heavy atom. The van der Waals surface area contributed by atoms with E-state index in [1.54, 1.807) is 4.68 Å². The predicted octanol–water partition coefficient (Wildman–Crippen LogP) is 1.47. The van der Waals surface area contributed by atoms with E-state index in [4.69, 9.17) is 9.84 Å². The highest BCUT2D eigenvalue weighted by Gasteiger charge is 2.24. The lowest BCUT2D eigenvalue weighted by Crippen LogP contribution is -2.11. The molecule has 1 aliphatic rings. The molecular formula is C14H15N3O3. The number of benzene rings is 1. The van der Waals surface area contributed by atoms with Crippen molar-refractivity contribution in [3.8, 4) is 5.75 Å². The van der Waals surface area contributed by atoms with Gasteiger partial charge in [-0.2, -0.15) is 0 Å². The fourth-order valence-corrected chi connectivity index (χ4v) is 2.38. The first-order valence-corrected chi connectivity index (χ1v) is 6.55. The van der Waals surface area contributed by atoms with Gasteiger partial charge in [-0.05, 0) is 6.07 Å². The lowest BCUT2D eigenvalue weighted by Gasteiger charge is -2.07. The Morgan fingerprint density at radius 2 is 2.30 bits per heavy atom. The molecule has 0 amide bonds. The summed E-state index contributed by atoms with van der Waals surface area (Å²) < 4.78 is 7.39. The van der Waals surface area contributed by atoms with Crippen LogP contribution in [0.25, 0.3) is 0 Å². The van der Waals surface area contributed by atoms with Crippen LogP contribution >= 0.6 is 0 Å². The number of rotatable bonds is 5. The molecule has 104 valence electrons. The van der Waals surface area contributed by atoms with Gasteiger partial charge >= 0.3 is 5.97 Å². The lowest BCUT2D eigenvalue weighted by atomic mass is 10.0.